The van der Waals surface area contributed by atoms with Crippen molar-refractivity contribution >= 4 is 16.9 Å². The molecule has 6 heteroatoms. The number of nitrogens with zero attached hydrogens (tertiary/aromatic N) is 3. The van der Waals surface area contributed by atoms with E-state index in [0.717, 1.165) is 41.7 Å². The number of fused-ring (bicyclic) bond motifs is 2. The highest BCUT2D eigenvalue weighted by atomic mass is 16.6. The summed E-state index contributed by atoms with van der Waals surface area (Å²) in [7, 11) is 0. The Morgan fingerprint density at radius 2 is 2.00 bits per heavy atom. The Hall–Kier alpha value is -2.86. The molecule has 176 valence electrons. The van der Waals surface area contributed by atoms with E-state index < -0.39 is 5.60 Å². The minimum absolute atomic E-state index is 0.138. The van der Waals surface area contributed by atoms with Gasteiger partial charge in [0, 0.05) is 31.1 Å². The predicted molar refractivity (Wildman–Crippen MR) is 130 cm³/mol. The van der Waals surface area contributed by atoms with Crippen LogP contribution < -0.4 is 4.74 Å². The molecule has 0 atom stereocenters. The lowest BCUT2D eigenvalue weighted by molar-refractivity contribution is -0.155. The van der Waals surface area contributed by atoms with E-state index in [1.165, 1.54) is 11.1 Å². The summed E-state index contributed by atoms with van der Waals surface area (Å²) in [5.41, 5.74) is 4.41. The van der Waals surface area contributed by atoms with Gasteiger partial charge in [0.1, 0.15) is 18.0 Å². The zero-order valence-electron chi connectivity index (χ0n) is 20.4. The SMILES string of the molecule is CC(C)n1ncc2cc(COc3cccc4c3CCN(CCC(=O)OC(C)(C)C)C4)ccc21. The van der Waals surface area contributed by atoms with Crippen LogP contribution in [0.3, 0.4) is 0 Å². The first kappa shape index (κ1) is 23.3. The smallest absolute Gasteiger partial charge is 0.307 e. The average Bonchev–Trinajstić information content (AvgIpc) is 3.18. The minimum Gasteiger partial charge on any atom is -0.489 e. The standard InChI is InChI=1S/C27H35N3O3/c1-19(2)30-24-10-9-20(15-22(24)16-28-30)18-32-25-8-6-7-21-17-29(13-11-23(21)25)14-12-26(31)33-27(3,4)5/h6-10,15-16,19H,11-14,17-18H2,1-5H3. The molecule has 2 heterocycles. The summed E-state index contributed by atoms with van der Waals surface area (Å²) in [5, 5.41) is 5.64. The van der Waals surface area contributed by atoms with E-state index in [1.807, 2.05) is 31.6 Å². The molecule has 0 fully saturated rings. The normalized spacial score (nSPS) is 14.5. The van der Waals surface area contributed by atoms with E-state index >= 15 is 0 Å². The third-order valence-electron chi connectivity index (χ3n) is 5.90. The number of carbonyl (C=O) groups is 1. The number of carbonyl (C=O) groups excluding carboxylic acids is 1. The fourth-order valence-corrected chi connectivity index (χ4v) is 4.37. The maximum Gasteiger partial charge on any atom is 0.307 e. The van der Waals surface area contributed by atoms with E-state index in [2.05, 4.69) is 60.2 Å². The first-order chi connectivity index (χ1) is 15.7. The highest BCUT2D eigenvalue weighted by molar-refractivity contribution is 5.79. The maximum atomic E-state index is 12.1. The summed E-state index contributed by atoms with van der Waals surface area (Å²) in [5.74, 6) is 0.818. The molecule has 3 aromatic rings. The van der Waals surface area contributed by atoms with Gasteiger partial charge in [-0.3, -0.25) is 14.4 Å². The molecule has 33 heavy (non-hydrogen) atoms. The van der Waals surface area contributed by atoms with Gasteiger partial charge in [0.15, 0.2) is 0 Å². The lowest BCUT2D eigenvalue weighted by Crippen LogP contribution is -2.34. The van der Waals surface area contributed by atoms with Crippen molar-refractivity contribution in [2.75, 3.05) is 13.1 Å². The van der Waals surface area contributed by atoms with Crippen LogP contribution in [-0.4, -0.2) is 39.3 Å². The van der Waals surface area contributed by atoms with Crippen molar-refractivity contribution in [2.45, 2.75) is 72.3 Å². The molecular formula is C27H35N3O3. The molecular weight excluding hydrogens is 414 g/mol. The molecule has 0 spiro atoms. The fourth-order valence-electron chi connectivity index (χ4n) is 4.37. The highest BCUT2D eigenvalue weighted by Gasteiger charge is 2.22. The van der Waals surface area contributed by atoms with E-state index in [4.69, 9.17) is 9.47 Å². The number of benzene rings is 2. The van der Waals surface area contributed by atoms with Crippen LogP contribution in [0.2, 0.25) is 0 Å². The van der Waals surface area contributed by atoms with Gasteiger partial charge >= 0.3 is 5.97 Å². The molecule has 2 aromatic carbocycles. The first-order valence-electron chi connectivity index (χ1n) is 11.8. The molecule has 0 radical (unpaired) electrons. The number of ether oxygens (including phenoxy) is 2. The van der Waals surface area contributed by atoms with Crippen molar-refractivity contribution in [1.29, 1.82) is 0 Å². The Labute approximate surface area is 196 Å². The van der Waals surface area contributed by atoms with Crippen LogP contribution in [0.4, 0.5) is 0 Å². The quantitative estimate of drug-likeness (QED) is 0.459. The van der Waals surface area contributed by atoms with Crippen LogP contribution in [0.15, 0.2) is 42.6 Å². The lowest BCUT2D eigenvalue weighted by atomic mass is 9.98. The number of hydrogen-bond acceptors (Lipinski definition) is 5. The average molecular weight is 450 g/mol. The molecule has 0 bridgehead atoms. The summed E-state index contributed by atoms with van der Waals surface area (Å²) in [4.78, 5) is 14.4. The zero-order chi connectivity index (χ0) is 23.6. The van der Waals surface area contributed by atoms with E-state index in [1.54, 1.807) is 0 Å². The van der Waals surface area contributed by atoms with Gasteiger partial charge in [0.25, 0.3) is 0 Å². The van der Waals surface area contributed by atoms with Crippen LogP contribution in [0.25, 0.3) is 10.9 Å². The molecule has 0 amide bonds. The van der Waals surface area contributed by atoms with Crippen LogP contribution in [0.5, 0.6) is 5.75 Å². The second kappa shape index (κ2) is 9.56. The topological polar surface area (TPSA) is 56.6 Å². The molecule has 6 nitrogen and oxygen atoms in total. The van der Waals surface area contributed by atoms with Gasteiger partial charge in [-0.05, 0) is 75.9 Å². The molecule has 0 saturated heterocycles. The Bertz CT molecular complexity index is 1130. The predicted octanol–water partition coefficient (Wildman–Crippen LogP) is 5.29. The molecule has 1 aliphatic heterocycles. The monoisotopic (exact) mass is 449 g/mol. The van der Waals surface area contributed by atoms with Crippen LogP contribution in [-0.2, 0) is 29.1 Å². The van der Waals surface area contributed by atoms with Crippen molar-refractivity contribution in [1.82, 2.24) is 14.7 Å². The summed E-state index contributed by atoms with van der Waals surface area (Å²) in [6.07, 6.45) is 3.26. The second-order valence-corrected chi connectivity index (χ2v) is 10.1. The number of hydrogen-bond donors (Lipinski definition) is 0. The fraction of sp³-hybridized carbons (Fsp3) is 0.481. The number of rotatable bonds is 7. The van der Waals surface area contributed by atoms with Gasteiger partial charge in [0.05, 0.1) is 18.1 Å². The van der Waals surface area contributed by atoms with Gasteiger partial charge < -0.3 is 9.47 Å². The number of aromatic nitrogens is 2. The van der Waals surface area contributed by atoms with Gasteiger partial charge in [-0.1, -0.05) is 18.2 Å². The van der Waals surface area contributed by atoms with Crippen molar-refractivity contribution in [3.05, 3.63) is 59.3 Å². The summed E-state index contributed by atoms with van der Waals surface area (Å²) < 4.78 is 13.7. The Morgan fingerprint density at radius 1 is 1.18 bits per heavy atom. The maximum absolute atomic E-state index is 12.1. The Morgan fingerprint density at radius 3 is 2.76 bits per heavy atom. The third-order valence-corrected chi connectivity index (χ3v) is 5.90. The minimum atomic E-state index is -0.433. The lowest BCUT2D eigenvalue weighted by Gasteiger charge is -2.30. The van der Waals surface area contributed by atoms with Gasteiger partial charge in [-0.25, -0.2) is 0 Å². The summed E-state index contributed by atoms with van der Waals surface area (Å²) in [6.45, 7) is 13.0. The second-order valence-electron chi connectivity index (χ2n) is 10.1. The van der Waals surface area contributed by atoms with Crippen LogP contribution in [0.1, 0.15) is 63.8 Å². The van der Waals surface area contributed by atoms with Crippen molar-refractivity contribution in [3.8, 4) is 5.75 Å². The van der Waals surface area contributed by atoms with Crippen molar-refractivity contribution in [2.24, 2.45) is 0 Å². The molecule has 0 unspecified atom stereocenters. The molecule has 0 N–H and O–H groups in total. The first-order valence-corrected chi connectivity index (χ1v) is 11.8. The Balaban J connectivity index is 1.37. The highest BCUT2D eigenvalue weighted by Crippen LogP contribution is 2.29. The third kappa shape index (κ3) is 5.74. The van der Waals surface area contributed by atoms with E-state index in [-0.39, 0.29) is 5.97 Å². The van der Waals surface area contributed by atoms with Crippen molar-refractivity contribution in [3.63, 3.8) is 0 Å². The number of esters is 1. The van der Waals surface area contributed by atoms with Crippen LogP contribution >= 0.6 is 0 Å². The van der Waals surface area contributed by atoms with Gasteiger partial charge in [-0.2, -0.15) is 5.10 Å². The molecule has 1 aromatic heterocycles. The molecule has 1 aliphatic rings. The summed E-state index contributed by atoms with van der Waals surface area (Å²) in [6, 6.07) is 13.0. The molecule has 0 saturated carbocycles. The van der Waals surface area contributed by atoms with E-state index in [0.29, 0.717) is 25.6 Å². The van der Waals surface area contributed by atoms with Gasteiger partial charge in [0.2, 0.25) is 0 Å². The zero-order valence-corrected chi connectivity index (χ0v) is 20.4. The van der Waals surface area contributed by atoms with Crippen molar-refractivity contribution < 1.29 is 14.3 Å². The summed E-state index contributed by atoms with van der Waals surface area (Å²) >= 11 is 0. The van der Waals surface area contributed by atoms with E-state index in [9.17, 15) is 4.79 Å². The van der Waals surface area contributed by atoms with Crippen LogP contribution in [0, 0.1) is 0 Å². The molecule has 4 rings (SSSR count). The Kier molecular flexibility index (Phi) is 6.75. The van der Waals surface area contributed by atoms with Gasteiger partial charge in [-0.15, -0.1) is 0 Å². The largest absolute Gasteiger partial charge is 0.489 e. The molecule has 0 aliphatic carbocycles.